The minimum Gasteiger partial charge on any atom is -0.394 e. The van der Waals surface area contributed by atoms with Crippen molar-refractivity contribution in [2.24, 2.45) is 10.7 Å². The summed E-state index contributed by atoms with van der Waals surface area (Å²) in [5.41, 5.74) is 7.87. The van der Waals surface area contributed by atoms with Gasteiger partial charge in [0.25, 0.3) is 0 Å². The van der Waals surface area contributed by atoms with E-state index in [1.54, 1.807) is 4.57 Å². The van der Waals surface area contributed by atoms with Gasteiger partial charge >= 0.3 is 0 Å². The van der Waals surface area contributed by atoms with Gasteiger partial charge in [0.1, 0.15) is 36.2 Å². The lowest BCUT2D eigenvalue weighted by Gasteiger charge is -2.23. The Balaban J connectivity index is 1.94. The SMILES string of the molecule is CC(C)=CCN1CN=c2c(ncn2[C@@H]2O[C@H](CO)[C@@H](O)[C@H]2O)=C1N. The van der Waals surface area contributed by atoms with E-state index in [1.165, 1.54) is 11.9 Å². The second-order valence-electron chi connectivity index (χ2n) is 6.24. The third-order valence-electron chi connectivity index (χ3n) is 4.25. The number of rotatable bonds is 4. The van der Waals surface area contributed by atoms with E-state index in [-0.39, 0.29) is 6.61 Å². The van der Waals surface area contributed by atoms with Gasteiger partial charge in [0.05, 0.1) is 12.9 Å². The average molecular weight is 337 g/mol. The van der Waals surface area contributed by atoms with Crippen molar-refractivity contribution >= 4 is 5.82 Å². The first kappa shape index (κ1) is 16.9. The Kier molecular flexibility index (Phi) is 4.59. The highest BCUT2D eigenvalue weighted by Gasteiger charge is 2.43. The molecule has 24 heavy (non-hydrogen) atoms. The predicted molar refractivity (Wildman–Crippen MR) is 84.6 cm³/mol. The van der Waals surface area contributed by atoms with Crippen LogP contribution in [-0.4, -0.2) is 67.9 Å². The Morgan fingerprint density at radius 1 is 1.42 bits per heavy atom. The van der Waals surface area contributed by atoms with E-state index in [0.29, 0.717) is 29.9 Å². The Bertz CT molecular complexity index is 754. The maximum Gasteiger partial charge on any atom is 0.165 e. The maximum atomic E-state index is 10.2. The summed E-state index contributed by atoms with van der Waals surface area (Å²) in [7, 11) is 0. The highest BCUT2D eigenvalue weighted by molar-refractivity contribution is 5.36. The summed E-state index contributed by atoms with van der Waals surface area (Å²) in [6, 6.07) is 0. The molecule has 3 rings (SSSR count). The molecule has 0 amide bonds. The molecule has 0 saturated carbocycles. The highest BCUT2D eigenvalue weighted by atomic mass is 16.6. The van der Waals surface area contributed by atoms with Gasteiger partial charge in [-0.05, 0) is 13.8 Å². The van der Waals surface area contributed by atoms with Crippen LogP contribution >= 0.6 is 0 Å². The van der Waals surface area contributed by atoms with Crippen molar-refractivity contribution in [1.82, 2.24) is 14.5 Å². The second-order valence-corrected chi connectivity index (χ2v) is 6.24. The van der Waals surface area contributed by atoms with Gasteiger partial charge in [0, 0.05) is 6.54 Å². The van der Waals surface area contributed by atoms with Crippen LogP contribution in [0.3, 0.4) is 0 Å². The van der Waals surface area contributed by atoms with Crippen molar-refractivity contribution < 1.29 is 20.1 Å². The van der Waals surface area contributed by atoms with Crippen LogP contribution in [0.15, 0.2) is 23.0 Å². The maximum absolute atomic E-state index is 10.2. The number of aliphatic hydroxyl groups is 3. The fraction of sp³-hybridized carbons (Fsp3) is 0.600. The van der Waals surface area contributed by atoms with Crippen molar-refractivity contribution in [2.75, 3.05) is 19.8 Å². The molecule has 4 atom stereocenters. The standard InChI is InChI=1S/C15H23N5O4/c1-8(2)3-4-19-6-18-14-10(13(19)16)17-7-20(14)15-12(23)11(22)9(5-21)24-15/h3,7,9,11-12,15,21-23H,4-6,16H2,1-2H3/t9-,11-,12-,15-/m1/s1. The van der Waals surface area contributed by atoms with Gasteiger partial charge in [-0.15, -0.1) is 0 Å². The lowest BCUT2D eigenvalue weighted by molar-refractivity contribution is -0.0546. The molecule has 0 unspecified atom stereocenters. The van der Waals surface area contributed by atoms with Crippen LogP contribution in [0.25, 0.3) is 5.82 Å². The van der Waals surface area contributed by atoms with Crippen molar-refractivity contribution in [1.29, 1.82) is 0 Å². The lowest BCUT2D eigenvalue weighted by Crippen LogP contribution is -2.47. The van der Waals surface area contributed by atoms with Gasteiger partial charge in [-0.3, -0.25) is 4.57 Å². The highest BCUT2D eigenvalue weighted by Crippen LogP contribution is 2.27. The van der Waals surface area contributed by atoms with Crippen molar-refractivity contribution in [3.63, 3.8) is 0 Å². The Labute approximate surface area is 139 Å². The van der Waals surface area contributed by atoms with Gasteiger partial charge < -0.3 is 30.7 Å². The van der Waals surface area contributed by atoms with Crippen LogP contribution in [0.5, 0.6) is 0 Å². The zero-order valence-corrected chi connectivity index (χ0v) is 13.7. The third-order valence-corrected chi connectivity index (χ3v) is 4.25. The summed E-state index contributed by atoms with van der Waals surface area (Å²) in [5.74, 6) is 0.503. The van der Waals surface area contributed by atoms with Crippen LogP contribution in [0, 0.1) is 0 Å². The first-order valence-corrected chi connectivity index (χ1v) is 7.82. The smallest absolute Gasteiger partial charge is 0.165 e. The number of aliphatic hydroxyl groups excluding tert-OH is 3. The number of nitrogens with two attached hydrogens (primary N) is 1. The van der Waals surface area contributed by atoms with E-state index in [9.17, 15) is 15.3 Å². The second kappa shape index (κ2) is 6.52. The third kappa shape index (κ3) is 2.80. The quantitative estimate of drug-likeness (QED) is 0.443. The molecule has 9 heteroatoms. The number of imidazole rings is 1. The van der Waals surface area contributed by atoms with Crippen molar-refractivity contribution in [2.45, 2.75) is 38.4 Å². The van der Waals surface area contributed by atoms with Gasteiger partial charge in [0.2, 0.25) is 0 Å². The van der Waals surface area contributed by atoms with Crippen LogP contribution in [-0.2, 0) is 4.74 Å². The molecule has 0 radical (unpaired) electrons. The van der Waals surface area contributed by atoms with Gasteiger partial charge in [-0.1, -0.05) is 11.6 Å². The molecule has 2 aliphatic heterocycles. The lowest BCUT2D eigenvalue weighted by atomic mass is 10.1. The topological polar surface area (TPSA) is 129 Å². The predicted octanol–water partition coefficient (Wildman–Crippen LogP) is -2.62. The molecule has 1 aromatic rings. The Morgan fingerprint density at radius 3 is 2.79 bits per heavy atom. The van der Waals surface area contributed by atoms with Gasteiger partial charge in [-0.2, -0.15) is 0 Å². The van der Waals surface area contributed by atoms with Gasteiger partial charge in [0.15, 0.2) is 11.7 Å². The number of fused-ring (bicyclic) bond motifs is 1. The number of hydrogen-bond acceptors (Lipinski definition) is 8. The number of hydrogen-bond donors (Lipinski definition) is 4. The molecule has 1 saturated heterocycles. The van der Waals surface area contributed by atoms with Crippen LogP contribution in [0.2, 0.25) is 0 Å². The molecule has 9 nitrogen and oxygen atoms in total. The largest absolute Gasteiger partial charge is 0.394 e. The van der Waals surface area contributed by atoms with E-state index < -0.39 is 24.5 Å². The fourth-order valence-electron chi connectivity index (χ4n) is 2.82. The summed E-state index contributed by atoms with van der Waals surface area (Å²) < 4.78 is 7.07. The fourth-order valence-corrected chi connectivity index (χ4v) is 2.82. The number of ether oxygens (including phenoxy) is 1. The molecule has 0 bridgehead atoms. The van der Waals surface area contributed by atoms with E-state index in [4.69, 9.17) is 10.5 Å². The summed E-state index contributed by atoms with van der Waals surface area (Å²) in [6.07, 6.45) is -0.531. The number of nitrogens with zero attached hydrogens (tertiary/aromatic N) is 4. The number of allylic oxidation sites excluding steroid dienone is 1. The minimum absolute atomic E-state index is 0.364. The normalized spacial score (nSPS) is 29.4. The van der Waals surface area contributed by atoms with Crippen molar-refractivity contribution in [3.05, 3.63) is 28.8 Å². The monoisotopic (exact) mass is 337 g/mol. The van der Waals surface area contributed by atoms with Crippen LogP contribution < -0.4 is 16.6 Å². The zero-order valence-electron chi connectivity index (χ0n) is 13.7. The summed E-state index contributed by atoms with van der Waals surface area (Å²) in [4.78, 5) is 10.7. The molecule has 0 aromatic carbocycles. The summed E-state index contributed by atoms with van der Waals surface area (Å²) in [6.45, 7) is 4.65. The van der Waals surface area contributed by atoms with E-state index >= 15 is 0 Å². The molecular formula is C15H23N5O4. The summed E-state index contributed by atoms with van der Waals surface area (Å²) >= 11 is 0. The van der Waals surface area contributed by atoms with E-state index in [0.717, 1.165) is 0 Å². The first-order valence-electron chi connectivity index (χ1n) is 7.82. The molecule has 2 aliphatic rings. The molecule has 1 aromatic heterocycles. The molecule has 3 heterocycles. The molecule has 1 fully saturated rings. The Hall–Kier alpha value is -1.94. The Morgan fingerprint density at radius 2 is 2.17 bits per heavy atom. The van der Waals surface area contributed by atoms with E-state index in [1.807, 2.05) is 18.7 Å². The van der Waals surface area contributed by atoms with Crippen LogP contribution in [0.1, 0.15) is 20.1 Å². The molecule has 0 aliphatic carbocycles. The number of aromatic nitrogens is 2. The molecule has 0 spiro atoms. The first-order chi connectivity index (χ1) is 11.4. The minimum atomic E-state index is -1.18. The van der Waals surface area contributed by atoms with Gasteiger partial charge in [-0.25, -0.2) is 9.98 Å². The van der Waals surface area contributed by atoms with Crippen molar-refractivity contribution in [3.8, 4) is 0 Å². The molecule has 132 valence electrons. The summed E-state index contributed by atoms with van der Waals surface area (Å²) in [5, 5.41) is 29.8. The average Bonchev–Trinajstić information content (AvgIpc) is 3.09. The zero-order chi connectivity index (χ0) is 17.4. The molecule has 5 N–H and O–H groups in total. The molecular weight excluding hydrogens is 314 g/mol. The van der Waals surface area contributed by atoms with Crippen LogP contribution in [0.4, 0.5) is 0 Å². The van der Waals surface area contributed by atoms with E-state index in [2.05, 4.69) is 16.1 Å².